The van der Waals surface area contributed by atoms with Crippen LogP contribution in [0.1, 0.15) is 10.4 Å². The Morgan fingerprint density at radius 2 is 1.84 bits per heavy atom. The third-order valence-electron chi connectivity index (χ3n) is 4.13. The molecule has 0 atom stereocenters. The summed E-state index contributed by atoms with van der Waals surface area (Å²) in [4.78, 5) is 26.2. The highest BCUT2D eigenvalue weighted by Gasteiger charge is 2.25. The number of halogens is 2. The largest absolute Gasteiger partial charge is 0.368 e. The lowest BCUT2D eigenvalue weighted by Crippen LogP contribution is -2.48. The van der Waals surface area contributed by atoms with Gasteiger partial charge in [-0.25, -0.2) is 0 Å². The first-order valence-corrected chi connectivity index (χ1v) is 8.07. The minimum Gasteiger partial charge on any atom is -0.368 e. The number of amides is 1. The van der Waals surface area contributed by atoms with E-state index in [2.05, 4.69) is 4.90 Å². The number of nitrogens with zero attached hydrogens (tertiary/aromatic N) is 3. The minimum atomic E-state index is -0.952. The van der Waals surface area contributed by atoms with E-state index in [1.54, 1.807) is 11.0 Å². The monoisotopic (exact) mass is 363 g/mol. The number of rotatable bonds is 3. The van der Waals surface area contributed by atoms with Crippen LogP contribution in [0.3, 0.4) is 0 Å². The van der Waals surface area contributed by atoms with E-state index in [1.807, 2.05) is 18.2 Å². The summed E-state index contributed by atoms with van der Waals surface area (Å²) < 4.78 is 13.4. The maximum atomic E-state index is 13.4. The van der Waals surface area contributed by atoms with Crippen molar-refractivity contribution in [2.75, 3.05) is 31.1 Å². The van der Waals surface area contributed by atoms with E-state index >= 15 is 0 Å². The Hall–Kier alpha value is -2.67. The smallest absolute Gasteiger partial charge is 0.305 e. The van der Waals surface area contributed by atoms with Gasteiger partial charge in [-0.3, -0.25) is 14.9 Å². The summed E-state index contributed by atoms with van der Waals surface area (Å²) in [6.07, 6.45) is 0. The van der Waals surface area contributed by atoms with E-state index in [0.29, 0.717) is 31.2 Å². The fraction of sp³-hybridized carbons (Fsp3) is 0.235. The van der Waals surface area contributed by atoms with Crippen LogP contribution in [0.15, 0.2) is 42.5 Å². The second kappa shape index (κ2) is 7.06. The first-order chi connectivity index (χ1) is 12.0. The molecule has 0 saturated carbocycles. The van der Waals surface area contributed by atoms with E-state index in [0.717, 1.165) is 17.8 Å². The molecule has 8 heteroatoms. The molecule has 0 spiro atoms. The van der Waals surface area contributed by atoms with Crippen LogP contribution in [-0.2, 0) is 0 Å². The van der Waals surface area contributed by atoms with Gasteiger partial charge in [-0.1, -0.05) is 17.7 Å². The Morgan fingerprint density at radius 3 is 2.48 bits per heavy atom. The molecule has 1 fully saturated rings. The Kier molecular flexibility index (Phi) is 4.85. The predicted molar refractivity (Wildman–Crippen MR) is 92.6 cm³/mol. The van der Waals surface area contributed by atoms with Gasteiger partial charge in [0.15, 0.2) is 0 Å². The first kappa shape index (κ1) is 17.2. The number of carbonyl (C=O) groups excluding carboxylic acids is 1. The zero-order valence-electron chi connectivity index (χ0n) is 13.2. The lowest BCUT2D eigenvalue weighted by molar-refractivity contribution is -0.387. The van der Waals surface area contributed by atoms with E-state index < -0.39 is 16.4 Å². The lowest BCUT2D eigenvalue weighted by Gasteiger charge is -2.36. The topological polar surface area (TPSA) is 66.7 Å². The van der Waals surface area contributed by atoms with E-state index in [-0.39, 0.29) is 11.5 Å². The van der Waals surface area contributed by atoms with Crippen molar-refractivity contribution in [2.45, 2.75) is 0 Å². The second-order valence-electron chi connectivity index (χ2n) is 5.68. The lowest BCUT2D eigenvalue weighted by atomic mass is 10.1. The van der Waals surface area contributed by atoms with Gasteiger partial charge >= 0.3 is 5.69 Å². The minimum absolute atomic E-state index is 0.115. The number of anilines is 1. The Balaban J connectivity index is 1.69. The number of hydrogen-bond acceptors (Lipinski definition) is 4. The highest BCUT2D eigenvalue weighted by Crippen LogP contribution is 2.23. The molecule has 2 aromatic rings. The molecule has 0 unspecified atom stereocenters. The number of nitro groups is 1. The van der Waals surface area contributed by atoms with Crippen molar-refractivity contribution in [1.82, 2.24) is 4.90 Å². The molecule has 25 heavy (non-hydrogen) atoms. The standard InChI is InChI=1S/C17H15ClFN3O3/c18-13-2-1-3-14(11-13)20-6-8-21(9-7-20)17(23)12-4-5-15(19)16(10-12)22(24)25/h1-5,10-11H,6-9H2. The van der Waals surface area contributed by atoms with Gasteiger partial charge in [0, 0.05) is 48.5 Å². The molecular formula is C17H15ClFN3O3. The van der Waals surface area contributed by atoms with Crippen molar-refractivity contribution >= 4 is 28.9 Å². The maximum absolute atomic E-state index is 13.4. The molecule has 1 aliphatic heterocycles. The number of carbonyl (C=O) groups is 1. The van der Waals surface area contributed by atoms with Crippen LogP contribution in [0.2, 0.25) is 5.02 Å². The quantitative estimate of drug-likeness (QED) is 0.619. The van der Waals surface area contributed by atoms with Crippen molar-refractivity contribution in [1.29, 1.82) is 0 Å². The summed E-state index contributed by atoms with van der Waals surface area (Å²) in [5.41, 5.74) is 0.407. The zero-order valence-corrected chi connectivity index (χ0v) is 13.9. The van der Waals surface area contributed by atoms with Crippen molar-refractivity contribution in [3.63, 3.8) is 0 Å². The molecular weight excluding hydrogens is 349 g/mol. The van der Waals surface area contributed by atoms with Crippen molar-refractivity contribution in [3.8, 4) is 0 Å². The molecule has 0 bridgehead atoms. The van der Waals surface area contributed by atoms with Crippen molar-refractivity contribution < 1.29 is 14.1 Å². The molecule has 1 saturated heterocycles. The third kappa shape index (κ3) is 3.71. The van der Waals surface area contributed by atoms with Gasteiger partial charge < -0.3 is 9.80 Å². The highest BCUT2D eigenvalue weighted by molar-refractivity contribution is 6.30. The number of benzene rings is 2. The fourth-order valence-electron chi connectivity index (χ4n) is 2.81. The molecule has 0 aromatic heterocycles. The molecule has 1 aliphatic rings. The summed E-state index contributed by atoms with van der Waals surface area (Å²) in [5, 5.41) is 11.5. The third-order valence-corrected chi connectivity index (χ3v) is 4.37. The number of piperazine rings is 1. The second-order valence-corrected chi connectivity index (χ2v) is 6.12. The Morgan fingerprint density at radius 1 is 1.12 bits per heavy atom. The zero-order chi connectivity index (χ0) is 18.0. The molecule has 1 heterocycles. The van der Waals surface area contributed by atoms with Gasteiger partial charge in [-0.05, 0) is 30.3 Å². The Labute approximate surface area is 148 Å². The predicted octanol–water partition coefficient (Wildman–Crippen LogP) is 3.35. The van der Waals surface area contributed by atoms with Gasteiger partial charge in [-0.15, -0.1) is 0 Å². The van der Waals surface area contributed by atoms with Crippen LogP contribution >= 0.6 is 11.6 Å². The molecule has 130 valence electrons. The van der Waals surface area contributed by atoms with Crippen molar-refractivity contribution in [3.05, 3.63) is 69.0 Å². The van der Waals surface area contributed by atoms with Crippen LogP contribution in [0.25, 0.3) is 0 Å². The van der Waals surface area contributed by atoms with Crippen LogP contribution in [-0.4, -0.2) is 41.9 Å². The van der Waals surface area contributed by atoms with E-state index in [9.17, 15) is 19.3 Å². The van der Waals surface area contributed by atoms with Gasteiger partial charge in [-0.2, -0.15) is 4.39 Å². The molecule has 0 aliphatic carbocycles. The molecule has 3 rings (SSSR count). The van der Waals surface area contributed by atoms with Crippen LogP contribution in [0.4, 0.5) is 15.8 Å². The van der Waals surface area contributed by atoms with E-state index in [1.165, 1.54) is 6.07 Å². The van der Waals surface area contributed by atoms with Crippen molar-refractivity contribution in [2.24, 2.45) is 0 Å². The molecule has 2 aromatic carbocycles. The summed E-state index contributed by atoms with van der Waals surface area (Å²) in [6.45, 7) is 2.18. The highest BCUT2D eigenvalue weighted by atomic mass is 35.5. The van der Waals surface area contributed by atoms with Crippen LogP contribution in [0, 0.1) is 15.9 Å². The van der Waals surface area contributed by atoms with Crippen LogP contribution < -0.4 is 4.90 Å². The Bertz CT molecular complexity index is 823. The van der Waals surface area contributed by atoms with Crippen LogP contribution in [0.5, 0.6) is 0 Å². The number of hydrogen-bond donors (Lipinski definition) is 0. The average molecular weight is 364 g/mol. The van der Waals surface area contributed by atoms with Gasteiger partial charge in [0.05, 0.1) is 4.92 Å². The fourth-order valence-corrected chi connectivity index (χ4v) is 2.99. The average Bonchev–Trinajstić information content (AvgIpc) is 2.61. The summed E-state index contributed by atoms with van der Waals surface area (Å²) in [7, 11) is 0. The molecule has 0 N–H and O–H groups in total. The summed E-state index contributed by atoms with van der Waals surface area (Å²) >= 11 is 6.00. The molecule has 1 amide bonds. The SMILES string of the molecule is O=C(c1ccc(F)c([N+](=O)[O-])c1)N1CCN(c2cccc(Cl)c2)CC1. The first-order valence-electron chi connectivity index (χ1n) is 7.69. The van der Waals surface area contributed by atoms with Gasteiger partial charge in [0.2, 0.25) is 5.82 Å². The van der Waals surface area contributed by atoms with Gasteiger partial charge in [0.25, 0.3) is 5.91 Å². The molecule has 0 radical (unpaired) electrons. The summed E-state index contributed by atoms with van der Waals surface area (Å²) in [6, 6.07) is 10.7. The van der Waals surface area contributed by atoms with Gasteiger partial charge in [0.1, 0.15) is 0 Å². The van der Waals surface area contributed by atoms with E-state index in [4.69, 9.17) is 11.6 Å². The number of nitro benzene ring substituents is 1. The maximum Gasteiger partial charge on any atom is 0.305 e. The summed E-state index contributed by atoms with van der Waals surface area (Å²) in [5.74, 6) is -1.29. The molecule has 6 nitrogen and oxygen atoms in total. The normalized spacial score (nSPS) is 14.5.